The van der Waals surface area contributed by atoms with Gasteiger partial charge in [0.15, 0.2) is 5.82 Å². The van der Waals surface area contributed by atoms with Gasteiger partial charge in [-0.2, -0.15) is 0 Å². The number of halogens is 4. The second-order valence-electron chi connectivity index (χ2n) is 14.1. The first kappa shape index (κ1) is 35.9. The number of aromatic nitrogens is 4. The molecule has 0 aliphatic carbocycles. The maximum Gasteiger partial charge on any atom is 0.573 e. The zero-order valence-corrected chi connectivity index (χ0v) is 29.3. The van der Waals surface area contributed by atoms with E-state index in [2.05, 4.69) is 45.7 Å². The number of nitrogens with zero attached hydrogens (tertiary/aromatic N) is 7. The molecule has 2 aromatic carbocycles. The number of carbonyl (C=O) groups excluding carboxylic acids is 2. The minimum Gasteiger partial charge on any atom is -0.405 e. The van der Waals surface area contributed by atoms with Crippen molar-refractivity contribution in [1.29, 1.82) is 0 Å². The predicted molar refractivity (Wildman–Crippen MR) is 186 cm³/mol. The molecular weight excluding hydrogens is 668 g/mol. The van der Waals surface area contributed by atoms with Gasteiger partial charge in [-0.05, 0) is 62.6 Å². The molecule has 4 aromatic rings. The third-order valence-electron chi connectivity index (χ3n) is 9.44. The van der Waals surface area contributed by atoms with Crippen LogP contribution in [0.25, 0.3) is 27.6 Å². The summed E-state index contributed by atoms with van der Waals surface area (Å²) in [6.45, 7) is 9.94. The Balaban J connectivity index is 1.41. The van der Waals surface area contributed by atoms with Crippen LogP contribution in [0.1, 0.15) is 49.7 Å². The van der Waals surface area contributed by atoms with Crippen molar-refractivity contribution in [2.75, 3.05) is 58.3 Å². The van der Waals surface area contributed by atoms with Crippen LogP contribution in [0, 0.1) is 5.82 Å². The third-order valence-corrected chi connectivity index (χ3v) is 9.44. The molecule has 0 saturated carbocycles. The number of hydrogen-bond donors (Lipinski definition) is 1. The zero-order valence-electron chi connectivity index (χ0n) is 29.3. The van der Waals surface area contributed by atoms with Crippen molar-refractivity contribution in [3.8, 4) is 16.9 Å². The lowest BCUT2D eigenvalue weighted by Crippen LogP contribution is -2.53. The molecule has 1 fully saturated rings. The molecule has 0 atom stereocenters. The van der Waals surface area contributed by atoms with Crippen LogP contribution in [0.4, 0.5) is 23.2 Å². The number of aromatic amines is 1. The first-order valence-corrected chi connectivity index (χ1v) is 16.9. The normalized spacial score (nSPS) is 16.1. The summed E-state index contributed by atoms with van der Waals surface area (Å²) < 4.78 is 64.7. The number of carbonyl (C=O) groups is 2. The van der Waals surface area contributed by atoms with Crippen LogP contribution in [0.5, 0.6) is 5.75 Å². The second kappa shape index (κ2) is 14.0. The number of nitrogens with one attached hydrogen (secondary N) is 1. The van der Waals surface area contributed by atoms with E-state index in [1.807, 2.05) is 11.0 Å². The van der Waals surface area contributed by atoms with Gasteiger partial charge in [0.1, 0.15) is 11.4 Å². The van der Waals surface area contributed by atoms with Gasteiger partial charge < -0.3 is 24.4 Å². The molecule has 2 aromatic heterocycles. The van der Waals surface area contributed by atoms with E-state index in [0.717, 1.165) is 13.1 Å². The Bertz CT molecular complexity index is 1940. The SMILES string of the molecule is CN(C)C(=O)c1cc2c(-c3ccc(N4CCN(C(C)(C)C)CC4)cc3OC(F)(F)F)cc(C3=CCCN(C(=O)CCn4ccnn4)C3)c(F)c2[nH]1. The Kier molecular flexibility index (Phi) is 9.86. The monoisotopic (exact) mass is 710 g/mol. The number of fused-ring (bicyclic) bond motifs is 1. The van der Waals surface area contributed by atoms with Gasteiger partial charge in [-0.3, -0.25) is 19.2 Å². The van der Waals surface area contributed by atoms with Crippen molar-refractivity contribution in [3.63, 3.8) is 0 Å². The molecule has 15 heteroatoms. The third kappa shape index (κ3) is 7.87. The van der Waals surface area contributed by atoms with Gasteiger partial charge in [0.05, 0.1) is 18.3 Å². The number of aryl methyl sites for hydroxylation is 1. The minimum atomic E-state index is -5.01. The maximum absolute atomic E-state index is 16.5. The van der Waals surface area contributed by atoms with Gasteiger partial charge in [-0.25, -0.2) is 4.39 Å². The highest BCUT2D eigenvalue weighted by atomic mass is 19.4. The van der Waals surface area contributed by atoms with Crippen molar-refractivity contribution < 1.29 is 31.9 Å². The number of piperazine rings is 1. The summed E-state index contributed by atoms with van der Waals surface area (Å²) in [6, 6.07) is 7.61. The summed E-state index contributed by atoms with van der Waals surface area (Å²) in [7, 11) is 3.10. The Hall–Kier alpha value is -4.92. The van der Waals surface area contributed by atoms with E-state index in [-0.39, 0.29) is 57.7 Å². The highest BCUT2D eigenvalue weighted by Gasteiger charge is 2.34. The molecule has 0 bridgehead atoms. The number of anilines is 1. The summed E-state index contributed by atoms with van der Waals surface area (Å²) in [5, 5.41) is 7.87. The van der Waals surface area contributed by atoms with Crippen LogP contribution in [0.15, 0.2) is 48.8 Å². The van der Waals surface area contributed by atoms with Gasteiger partial charge in [0.25, 0.3) is 5.91 Å². The van der Waals surface area contributed by atoms with E-state index in [0.29, 0.717) is 43.9 Å². The maximum atomic E-state index is 16.5. The molecular formula is C36H42F4N8O3. The van der Waals surface area contributed by atoms with E-state index < -0.39 is 23.8 Å². The molecule has 272 valence electrons. The van der Waals surface area contributed by atoms with Crippen molar-refractivity contribution in [2.45, 2.75) is 52.1 Å². The van der Waals surface area contributed by atoms with Crippen molar-refractivity contribution in [1.82, 2.24) is 34.7 Å². The van der Waals surface area contributed by atoms with Crippen molar-refractivity contribution in [2.24, 2.45) is 0 Å². The van der Waals surface area contributed by atoms with E-state index in [1.54, 1.807) is 42.0 Å². The number of hydrogen-bond acceptors (Lipinski definition) is 7. The molecule has 2 aliphatic rings. The van der Waals surface area contributed by atoms with Crippen LogP contribution in [-0.2, 0) is 11.3 Å². The number of alkyl halides is 3. The van der Waals surface area contributed by atoms with Gasteiger partial charge in [-0.1, -0.05) is 11.3 Å². The smallest absolute Gasteiger partial charge is 0.405 e. The quantitative estimate of drug-likeness (QED) is 0.231. The zero-order chi connectivity index (χ0) is 36.7. The molecule has 0 radical (unpaired) electrons. The predicted octanol–water partition coefficient (Wildman–Crippen LogP) is 5.79. The fraction of sp³-hybridized carbons (Fsp3) is 0.444. The number of ether oxygens (including phenoxy) is 1. The molecule has 2 amide bonds. The van der Waals surface area contributed by atoms with Crippen molar-refractivity contribution in [3.05, 3.63) is 65.9 Å². The van der Waals surface area contributed by atoms with E-state index in [1.165, 1.54) is 29.3 Å². The van der Waals surface area contributed by atoms with Crippen LogP contribution in [0.2, 0.25) is 0 Å². The molecule has 0 spiro atoms. The average molecular weight is 711 g/mol. The first-order chi connectivity index (χ1) is 24.1. The van der Waals surface area contributed by atoms with Crippen LogP contribution in [-0.4, -0.2) is 112 Å². The topological polar surface area (TPSA) is 103 Å². The fourth-order valence-electron chi connectivity index (χ4n) is 6.72. The molecule has 0 unspecified atom stereocenters. The van der Waals surface area contributed by atoms with Gasteiger partial charge >= 0.3 is 6.36 Å². The Morgan fingerprint density at radius 1 is 0.980 bits per heavy atom. The molecule has 2 aliphatic heterocycles. The Labute approximate surface area is 293 Å². The second-order valence-corrected chi connectivity index (χ2v) is 14.1. The van der Waals surface area contributed by atoms with Crippen LogP contribution in [0.3, 0.4) is 0 Å². The highest BCUT2D eigenvalue weighted by Crippen LogP contribution is 2.43. The number of H-pyrrole nitrogens is 1. The molecule has 11 nitrogen and oxygen atoms in total. The Morgan fingerprint density at radius 2 is 1.73 bits per heavy atom. The van der Waals surface area contributed by atoms with Gasteiger partial charge in [0, 0.05) is 99.8 Å². The summed E-state index contributed by atoms with van der Waals surface area (Å²) >= 11 is 0. The lowest BCUT2D eigenvalue weighted by Gasteiger charge is -2.43. The van der Waals surface area contributed by atoms with Crippen molar-refractivity contribution >= 4 is 34.0 Å². The summed E-state index contributed by atoms with van der Waals surface area (Å²) in [5.74, 6) is -1.71. The number of rotatable bonds is 8. The van der Waals surface area contributed by atoms with Gasteiger partial charge in [-0.15, -0.1) is 18.3 Å². The highest BCUT2D eigenvalue weighted by molar-refractivity contribution is 6.05. The van der Waals surface area contributed by atoms with E-state index >= 15 is 4.39 Å². The largest absolute Gasteiger partial charge is 0.573 e. The minimum absolute atomic E-state index is 0.0361. The van der Waals surface area contributed by atoms with E-state index in [9.17, 15) is 22.8 Å². The summed E-state index contributed by atoms with van der Waals surface area (Å²) in [6.07, 6.45) is 0.606. The molecule has 1 saturated heterocycles. The molecule has 6 rings (SSSR count). The van der Waals surface area contributed by atoms with Crippen LogP contribution >= 0.6 is 0 Å². The first-order valence-electron chi connectivity index (χ1n) is 16.9. The molecule has 1 N–H and O–H groups in total. The molecule has 4 heterocycles. The molecule has 51 heavy (non-hydrogen) atoms. The number of benzene rings is 2. The van der Waals surface area contributed by atoms with Crippen LogP contribution < -0.4 is 9.64 Å². The average Bonchev–Trinajstić information content (AvgIpc) is 3.77. The summed E-state index contributed by atoms with van der Waals surface area (Å²) in [4.78, 5) is 36.4. The standard InChI is InChI=1S/C36H42F4N8O3/c1-35(2,3)47-17-15-45(16-18-47)24-8-9-25(30(19-24)51-36(38,39)40)27-20-26(32(37)33-28(27)21-29(42-33)34(50)44(4)5)23-7-6-12-46(22-23)31(49)10-13-48-14-11-41-43-48/h7-9,11,14,19-21,42H,6,10,12-13,15-18,22H2,1-5H3. The lowest BCUT2D eigenvalue weighted by atomic mass is 9.92. The number of amides is 2. The summed E-state index contributed by atoms with van der Waals surface area (Å²) in [5.41, 5.74) is 1.49. The lowest BCUT2D eigenvalue weighted by molar-refractivity contribution is -0.274. The fourth-order valence-corrected chi connectivity index (χ4v) is 6.72. The van der Waals surface area contributed by atoms with Gasteiger partial charge in [0.2, 0.25) is 5.91 Å². The van der Waals surface area contributed by atoms with E-state index in [4.69, 9.17) is 0 Å². The Morgan fingerprint density at radius 3 is 2.37 bits per heavy atom.